The molecule has 0 heteroatoms. The maximum atomic E-state index is 3.90. The number of fused-ring (bicyclic) bond motifs is 3. The quantitative estimate of drug-likeness (QED) is 0.377. The molecule has 0 saturated carbocycles. The zero-order chi connectivity index (χ0) is 16.1. The van der Waals surface area contributed by atoms with Gasteiger partial charge in [0.15, 0.2) is 0 Å². The van der Waals surface area contributed by atoms with Crippen LogP contribution in [0.25, 0.3) is 11.1 Å². The zero-order valence-electron chi connectivity index (χ0n) is 13.9. The fraction of sp³-hybridized carbons (Fsp3) is 0.304. The van der Waals surface area contributed by atoms with E-state index in [1.165, 1.54) is 47.9 Å². The molecule has 0 unspecified atom stereocenters. The minimum atomic E-state index is 0.166. The van der Waals surface area contributed by atoms with E-state index in [-0.39, 0.29) is 5.41 Å². The summed E-state index contributed by atoms with van der Waals surface area (Å²) in [5, 5.41) is 0. The monoisotopic (exact) mass is 302 g/mol. The fourth-order valence-electron chi connectivity index (χ4n) is 4.18. The SMILES string of the molecule is C=CCCCC1(CCCC=C)c2ccccc2-c2ccccc21. The molecule has 0 bridgehead atoms. The lowest BCUT2D eigenvalue weighted by molar-refractivity contribution is 0.422. The van der Waals surface area contributed by atoms with Crippen LogP contribution in [0.4, 0.5) is 0 Å². The van der Waals surface area contributed by atoms with E-state index < -0.39 is 0 Å². The third-order valence-corrected chi connectivity index (χ3v) is 5.20. The van der Waals surface area contributed by atoms with Crippen molar-refractivity contribution >= 4 is 0 Å². The van der Waals surface area contributed by atoms with Crippen LogP contribution in [-0.4, -0.2) is 0 Å². The van der Waals surface area contributed by atoms with Crippen molar-refractivity contribution < 1.29 is 0 Å². The van der Waals surface area contributed by atoms with Crippen molar-refractivity contribution in [1.29, 1.82) is 0 Å². The molecule has 2 aromatic rings. The first-order chi connectivity index (χ1) is 11.3. The van der Waals surface area contributed by atoms with E-state index in [1.54, 1.807) is 0 Å². The van der Waals surface area contributed by atoms with Crippen LogP contribution in [0.2, 0.25) is 0 Å². The molecular weight excluding hydrogens is 276 g/mol. The van der Waals surface area contributed by atoms with Gasteiger partial charge in [-0.1, -0.05) is 60.7 Å². The second kappa shape index (κ2) is 7.00. The average Bonchev–Trinajstić information content (AvgIpc) is 2.87. The van der Waals surface area contributed by atoms with Gasteiger partial charge in [-0.25, -0.2) is 0 Å². The van der Waals surface area contributed by atoms with Crippen molar-refractivity contribution in [3.8, 4) is 11.1 Å². The van der Waals surface area contributed by atoms with Gasteiger partial charge in [-0.15, -0.1) is 13.2 Å². The summed E-state index contributed by atoms with van der Waals surface area (Å²) in [6.45, 7) is 7.80. The Hall–Kier alpha value is -2.08. The van der Waals surface area contributed by atoms with Crippen molar-refractivity contribution in [2.24, 2.45) is 0 Å². The molecule has 0 spiro atoms. The Kier molecular flexibility index (Phi) is 4.81. The molecule has 0 N–H and O–H groups in total. The molecule has 0 heterocycles. The average molecular weight is 302 g/mol. The minimum Gasteiger partial charge on any atom is -0.103 e. The summed E-state index contributed by atoms with van der Waals surface area (Å²) >= 11 is 0. The van der Waals surface area contributed by atoms with Gasteiger partial charge in [-0.3, -0.25) is 0 Å². The first-order valence-electron chi connectivity index (χ1n) is 8.74. The number of benzene rings is 2. The Bertz CT molecular complexity index is 631. The normalized spacial score (nSPS) is 14.1. The Balaban J connectivity index is 2.08. The van der Waals surface area contributed by atoms with Crippen molar-refractivity contribution in [2.45, 2.75) is 43.9 Å². The summed E-state index contributed by atoms with van der Waals surface area (Å²) in [7, 11) is 0. The molecule has 0 atom stereocenters. The molecular formula is C23H26. The van der Waals surface area contributed by atoms with E-state index in [0.29, 0.717) is 0 Å². The van der Waals surface area contributed by atoms with Gasteiger partial charge in [0, 0.05) is 5.41 Å². The van der Waals surface area contributed by atoms with Gasteiger partial charge < -0.3 is 0 Å². The van der Waals surface area contributed by atoms with E-state index in [2.05, 4.69) is 61.7 Å². The third-order valence-electron chi connectivity index (χ3n) is 5.20. The summed E-state index contributed by atoms with van der Waals surface area (Å²) in [5.74, 6) is 0. The van der Waals surface area contributed by atoms with E-state index in [0.717, 1.165) is 12.8 Å². The predicted octanol–water partition coefficient (Wildman–Crippen LogP) is 6.67. The number of hydrogen-bond acceptors (Lipinski definition) is 0. The van der Waals surface area contributed by atoms with Crippen molar-refractivity contribution in [1.82, 2.24) is 0 Å². The van der Waals surface area contributed by atoms with Crippen LogP contribution in [-0.2, 0) is 5.41 Å². The van der Waals surface area contributed by atoms with E-state index in [9.17, 15) is 0 Å². The minimum absolute atomic E-state index is 0.166. The summed E-state index contributed by atoms with van der Waals surface area (Å²) in [5.41, 5.74) is 6.07. The molecule has 0 nitrogen and oxygen atoms in total. The Morgan fingerprint density at radius 3 is 1.57 bits per heavy atom. The van der Waals surface area contributed by atoms with Crippen LogP contribution in [0.15, 0.2) is 73.8 Å². The number of allylic oxidation sites excluding steroid dienone is 2. The van der Waals surface area contributed by atoms with Crippen LogP contribution in [0.1, 0.15) is 49.7 Å². The Labute approximate surface area is 140 Å². The molecule has 0 aromatic heterocycles. The molecule has 2 aromatic carbocycles. The van der Waals surface area contributed by atoms with E-state index in [4.69, 9.17) is 0 Å². The van der Waals surface area contributed by atoms with Crippen LogP contribution in [0, 0.1) is 0 Å². The fourth-order valence-corrected chi connectivity index (χ4v) is 4.18. The maximum absolute atomic E-state index is 3.90. The molecule has 0 amide bonds. The highest BCUT2D eigenvalue weighted by Gasteiger charge is 2.41. The number of hydrogen-bond donors (Lipinski definition) is 0. The van der Waals surface area contributed by atoms with Crippen molar-refractivity contribution in [3.05, 3.63) is 85.0 Å². The van der Waals surface area contributed by atoms with Gasteiger partial charge in [0.05, 0.1) is 0 Å². The molecule has 0 fully saturated rings. The van der Waals surface area contributed by atoms with Crippen molar-refractivity contribution in [3.63, 3.8) is 0 Å². The van der Waals surface area contributed by atoms with E-state index >= 15 is 0 Å². The molecule has 3 rings (SSSR count). The van der Waals surface area contributed by atoms with Crippen LogP contribution < -0.4 is 0 Å². The van der Waals surface area contributed by atoms with E-state index in [1.807, 2.05) is 12.2 Å². The molecule has 23 heavy (non-hydrogen) atoms. The molecule has 1 aliphatic carbocycles. The highest BCUT2D eigenvalue weighted by atomic mass is 14.4. The molecule has 1 aliphatic rings. The molecule has 0 aliphatic heterocycles. The van der Waals surface area contributed by atoms with Gasteiger partial charge in [0.25, 0.3) is 0 Å². The third kappa shape index (κ3) is 2.79. The topological polar surface area (TPSA) is 0 Å². The Morgan fingerprint density at radius 2 is 1.13 bits per heavy atom. The van der Waals surface area contributed by atoms with Gasteiger partial charge >= 0.3 is 0 Å². The van der Waals surface area contributed by atoms with Gasteiger partial charge in [-0.05, 0) is 60.8 Å². The first kappa shape index (κ1) is 15.8. The smallest absolute Gasteiger partial charge is 0.0215 e. The van der Waals surface area contributed by atoms with Gasteiger partial charge in [0.2, 0.25) is 0 Å². The number of unbranched alkanes of at least 4 members (excludes halogenated alkanes) is 2. The lowest BCUT2D eigenvalue weighted by atomic mass is 9.71. The summed E-state index contributed by atoms with van der Waals surface area (Å²) in [4.78, 5) is 0. The zero-order valence-corrected chi connectivity index (χ0v) is 13.9. The molecule has 0 saturated heterocycles. The Morgan fingerprint density at radius 1 is 0.696 bits per heavy atom. The summed E-state index contributed by atoms with van der Waals surface area (Å²) in [6.07, 6.45) is 11.1. The van der Waals surface area contributed by atoms with Gasteiger partial charge in [0.1, 0.15) is 0 Å². The lowest BCUT2D eigenvalue weighted by Gasteiger charge is -2.32. The van der Waals surface area contributed by atoms with Gasteiger partial charge in [-0.2, -0.15) is 0 Å². The van der Waals surface area contributed by atoms with Crippen LogP contribution in [0.3, 0.4) is 0 Å². The lowest BCUT2D eigenvalue weighted by Crippen LogP contribution is -2.25. The standard InChI is InChI=1S/C23H26/c1-3-5-11-17-23(18-12-6-4-2)21-15-9-7-13-19(21)20-14-8-10-16-22(20)23/h3-4,7-10,13-16H,1-2,5-6,11-12,17-18H2. The summed E-state index contributed by atoms with van der Waals surface area (Å²) < 4.78 is 0. The largest absolute Gasteiger partial charge is 0.103 e. The maximum Gasteiger partial charge on any atom is 0.0215 e. The van der Waals surface area contributed by atoms with Crippen LogP contribution in [0.5, 0.6) is 0 Å². The van der Waals surface area contributed by atoms with Crippen LogP contribution >= 0.6 is 0 Å². The molecule has 118 valence electrons. The first-order valence-corrected chi connectivity index (χ1v) is 8.74. The second-order valence-corrected chi connectivity index (χ2v) is 6.54. The highest BCUT2D eigenvalue weighted by molar-refractivity contribution is 5.80. The predicted molar refractivity (Wildman–Crippen MR) is 101 cm³/mol. The van der Waals surface area contributed by atoms with Crippen molar-refractivity contribution in [2.75, 3.05) is 0 Å². The summed E-state index contributed by atoms with van der Waals surface area (Å²) in [6, 6.07) is 18.0. The molecule has 0 radical (unpaired) electrons. The number of rotatable bonds is 8. The highest BCUT2D eigenvalue weighted by Crippen LogP contribution is 2.53. The second-order valence-electron chi connectivity index (χ2n) is 6.54.